The lowest BCUT2D eigenvalue weighted by atomic mass is 10.1. The zero-order valence-electron chi connectivity index (χ0n) is 11.0. The summed E-state index contributed by atoms with van der Waals surface area (Å²) in [5.74, 6) is -0.854. The van der Waals surface area contributed by atoms with Gasteiger partial charge in [-0.25, -0.2) is 0 Å². The minimum Gasteiger partial charge on any atom is -0.481 e. The SMILES string of the molecule is CN(Cc1c[nH]c2ccccc12)CC(N)CC(=O)O. The topological polar surface area (TPSA) is 82.3 Å². The lowest BCUT2D eigenvalue weighted by Gasteiger charge is -2.19. The van der Waals surface area contributed by atoms with Crippen molar-refractivity contribution < 1.29 is 9.90 Å². The highest BCUT2D eigenvalue weighted by molar-refractivity contribution is 5.82. The minimum atomic E-state index is -0.854. The number of benzene rings is 1. The van der Waals surface area contributed by atoms with Gasteiger partial charge in [0, 0.05) is 36.2 Å². The number of hydrogen-bond acceptors (Lipinski definition) is 3. The smallest absolute Gasteiger partial charge is 0.304 e. The number of rotatable bonds is 6. The fraction of sp³-hybridized carbons (Fsp3) is 0.357. The third kappa shape index (κ3) is 3.56. The first kappa shape index (κ1) is 13.6. The van der Waals surface area contributed by atoms with Crippen LogP contribution in [0.4, 0.5) is 0 Å². The normalized spacial score (nSPS) is 13.0. The number of aliphatic carboxylic acids is 1. The molecule has 1 heterocycles. The van der Waals surface area contributed by atoms with Crippen molar-refractivity contribution in [3.8, 4) is 0 Å². The summed E-state index contributed by atoms with van der Waals surface area (Å²) in [5, 5.41) is 9.89. The van der Waals surface area contributed by atoms with E-state index in [9.17, 15) is 4.79 Å². The number of H-pyrrole nitrogens is 1. The maximum absolute atomic E-state index is 10.6. The molecule has 1 atom stereocenters. The van der Waals surface area contributed by atoms with Gasteiger partial charge in [-0.15, -0.1) is 0 Å². The average molecular weight is 261 g/mol. The molecular formula is C14H19N3O2. The van der Waals surface area contributed by atoms with Crippen LogP contribution in [0.5, 0.6) is 0 Å². The Labute approximate surface area is 112 Å². The number of carboxylic acids is 1. The van der Waals surface area contributed by atoms with Crippen LogP contribution in [0, 0.1) is 0 Å². The van der Waals surface area contributed by atoms with E-state index in [1.165, 1.54) is 10.9 Å². The number of carbonyl (C=O) groups is 1. The number of para-hydroxylation sites is 1. The summed E-state index contributed by atoms with van der Waals surface area (Å²) in [6, 6.07) is 7.78. The van der Waals surface area contributed by atoms with Crippen LogP contribution in [-0.2, 0) is 11.3 Å². The molecular weight excluding hydrogens is 242 g/mol. The third-order valence-corrected chi connectivity index (χ3v) is 3.10. The summed E-state index contributed by atoms with van der Waals surface area (Å²) in [6.07, 6.45) is 1.99. The molecule has 4 N–H and O–H groups in total. The number of nitrogens with two attached hydrogens (primary N) is 1. The van der Waals surface area contributed by atoms with Crippen molar-refractivity contribution in [1.29, 1.82) is 0 Å². The van der Waals surface area contributed by atoms with Gasteiger partial charge < -0.3 is 20.7 Å². The Morgan fingerprint density at radius 2 is 2.21 bits per heavy atom. The lowest BCUT2D eigenvalue weighted by molar-refractivity contribution is -0.137. The zero-order valence-corrected chi connectivity index (χ0v) is 11.0. The number of hydrogen-bond donors (Lipinski definition) is 3. The Bertz CT molecular complexity index is 565. The maximum Gasteiger partial charge on any atom is 0.304 e. The largest absolute Gasteiger partial charge is 0.481 e. The van der Waals surface area contributed by atoms with Crippen LogP contribution in [0.2, 0.25) is 0 Å². The molecule has 0 bridgehead atoms. The zero-order chi connectivity index (χ0) is 13.8. The number of likely N-dealkylation sites (N-methyl/N-ethyl adjacent to an activating group) is 1. The number of fused-ring (bicyclic) bond motifs is 1. The third-order valence-electron chi connectivity index (χ3n) is 3.10. The molecule has 0 aliphatic carbocycles. The average Bonchev–Trinajstić information content (AvgIpc) is 2.71. The molecule has 102 valence electrons. The van der Waals surface area contributed by atoms with E-state index in [0.717, 1.165) is 12.1 Å². The van der Waals surface area contributed by atoms with Gasteiger partial charge in [0.2, 0.25) is 0 Å². The molecule has 0 radical (unpaired) electrons. The number of nitrogens with zero attached hydrogens (tertiary/aromatic N) is 1. The Hall–Kier alpha value is -1.85. The van der Waals surface area contributed by atoms with Crippen LogP contribution in [0.1, 0.15) is 12.0 Å². The molecule has 19 heavy (non-hydrogen) atoms. The van der Waals surface area contributed by atoms with Crippen molar-refractivity contribution in [3.63, 3.8) is 0 Å². The molecule has 0 amide bonds. The van der Waals surface area contributed by atoms with E-state index >= 15 is 0 Å². The molecule has 0 fully saturated rings. The molecule has 0 aliphatic heterocycles. The Morgan fingerprint density at radius 3 is 2.95 bits per heavy atom. The van der Waals surface area contributed by atoms with Crippen LogP contribution < -0.4 is 5.73 Å². The van der Waals surface area contributed by atoms with Gasteiger partial charge in [0.05, 0.1) is 6.42 Å². The summed E-state index contributed by atoms with van der Waals surface area (Å²) in [5.41, 5.74) is 8.09. The van der Waals surface area contributed by atoms with E-state index in [0.29, 0.717) is 6.54 Å². The molecule has 5 heteroatoms. The van der Waals surface area contributed by atoms with Gasteiger partial charge in [0.25, 0.3) is 0 Å². The van der Waals surface area contributed by atoms with E-state index in [2.05, 4.69) is 11.1 Å². The van der Waals surface area contributed by atoms with Crippen LogP contribution >= 0.6 is 0 Å². The Kier molecular flexibility index (Phi) is 4.19. The highest BCUT2D eigenvalue weighted by Gasteiger charge is 2.12. The summed E-state index contributed by atoms with van der Waals surface area (Å²) >= 11 is 0. The lowest BCUT2D eigenvalue weighted by Crippen LogP contribution is -2.36. The fourth-order valence-electron chi connectivity index (χ4n) is 2.31. The first-order valence-corrected chi connectivity index (χ1v) is 6.27. The number of aromatic amines is 1. The molecule has 2 aromatic rings. The van der Waals surface area contributed by atoms with Crippen molar-refractivity contribution >= 4 is 16.9 Å². The van der Waals surface area contributed by atoms with Gasteiger partial charge in [0.15, 0.2) is 0 Å². The van der Waals surface area contributed by atoms with E-state index in [4.69, 9.17) is 10.8 Å². The minimum absolute atomic E-state index is 0.00176. The van der Waals surface area contributed by atoms with Gasteiger partial charge >= 0.3 is 5.97 Å². The van der Waals surface area contributed by atoms with E-state index in [-0.39, 0.29) is 12.5 Å². The van der Waals surface area contributed by atoms with Crippen LogP contribution in [0.25, 0.3) is 10.9 Å². The van der Waals surface area contributed by atoms with Crippen molar-refractivity contribution in [1.82, 2.24) is 9.88 Å². The summed E-state index contributed by atoms with van der Waals surface area (Å²) in [7, 11) is 1.95. The van der Waals surface area contributed by atoms with E-state index in [1.54, 1.807) is 0 Å². The van der Waals surface area contributed by atoms with Crippen molar-refractivity contribution in [2.75, 3.05) is 13.6 Å². The second-order valence-electron chi connectivity index (χ2n) is 4.91. The highest BCUT2D eigenvalue weighted by Crippen LogP contribution is 2.18. The van der Waals surface area contributed by atoms with Gasteiger partial charge in [-0.3, -0.25) is 4.79 Å². The predicted octanol–water partition coefficient (Wildman–Crippen LogP) is 1.40. The second kappa shape index (κ2) is 5.86. The summed E-state index contributed by atoms with van der Waals surface area (Å²) in [6.45, 7) is 1.31. The quantitative estimate of drug-likeness (QED) is 0.734. The van der Waals surface area contributed by atoms with Crippen molar-refractivity contribution in [2.24, 2.45) is 5.73 Å². The molecule has 1 aromatic carbocycles. The van der Waals surface area contributed by atoms with Crippen molar-refractivity contribution in [3.05, 3.63) is 36.0 Å². The first-order valence-electron chi connectivity index (χ1n) is 6.27. The number of nitrogens with one attached hydrogen (secondary N) is 1. The first-order chi connectivity index (χ1) is 9.06. The number of carboxylic acid groups (broad SMARTS) is 1. The molecule has 0 saturated heterocycles. The van der Waals surface area contributed by atoms with Gasteiger partial charge in [-0.2, -0.15) is 0 Å². The van der Waals surface area contributed by atoms with Gasteiger partial charge in [0.1, 0.15) is 0 Å². The number of aromatic nitrogens is 1. The van der Waals surface area contributed by atoms with E-state index in [1.807, 2.05) is 36.3 Å². The molecule has 0 spiro atoms. The fourth-order valence-corrected chi connectivity index (χ4v) is 2.31. The van der Waals surface area contributed by atoms with Crippen molar-refractivity contribution in [2.45, 2.75) is 19.0 Å². The Balaban J connectivity index is 1.99. The summed E-state index contributed by atoms with van der Waals surface area (Å²) in [4.78, 5) is 15.9. The van der Waals surface area contributed by atoms with E-state index < -0.39 is 5.97 Å². The Morgan fingerprint density at radius 1 is 1.47 bits per heavy atom. The maximum atomic E-state index is 10.6. The standard InChI is InChI=1S/C14H19N3O2/c1-17(9-11(15)6-14(18)19)8-10-7-16-13-5-3-2-4-12(10)13/h2-5,7,11,16H,6,8-9,15H2,1H3,(H,18,19). The van der Waals surface area contributed by atoms with Crippen LogP contribution in [0.15, 0.2) is 30.5 Å². The molecule has 1 unspecified atom stereocenters. The predicted molar refractivity (Wildman–Crippen MR) is 74.9 cm³/mol. The van der Waals surface area contributed by atoms with Crippen LogP contribution in [0.3, 0.4) is 0 Å². The van der Waals surface area contributed by atoms with Crippen LogP contribution in [-0.4, -0.2) is 40.6 Å². The second-order valence-corrected chi connectivity index (χ2v) is 4.91. The molecule has 5 nitrogen and oxygen atoms in total. The van der Waals surface area contributed by atoms with Gasteiger partial charge in [-0.1, -0.05) is 18.2 Å². The van der Waals surface area contributed by atoms with Gasteiger partial charge in [-0.05, 0) is 18.7 Å². The molecule has 2 rings (SSSR count). The molecule has 1 aromatic heterocycles. The highest BCUT2D eigenvalue weighted by atomic mass is 16.4. The molecule has 0 aliphatic rings. The summed E-state index contributed by atoms with van der Waals surface area (Å²) < 4.78 is 0. The monoisotopic (exact) mass is 261 g/mol. The molecule has 0 saturated carbocycles.